The monoisotopic (exact) mass is 243 g/mol. The Hall–Kier alpha value is -0.990. The Bertz CT molecular complexity index is 548. The van der Waals surface area contributed by atoms with Gasteiger partial charge in [0, 0.05) is 12.6 Å². The lowest BCUT2D eigenvalue weighted by Crippen LogP contribution is -2.15. The van der Waals surface area contributed by atoms with Crippen LogP contribution < -0.4 is 5.56 Å². The molecule has 2 aromatic rings. The van der Waals surface area contributed by atoms with Crippen molar-refractivity contribution < 1.29 is 0 Å². The summed E-state index contributed by atoms with van der Waals surface area (Å²) in [4.78, 5) is 11.5. The van der Waals surface area contributed by atoms with E-state index >= 15 is 0 Å². The molecule has 1 aliphatic heterocycles. The molecule has 0 saturated carbocycles. The predicted octanol–water partition coefficient (Wildman–Crippen LogP) is 2.40. The number of pyridine rings is 1. The number of hydrogen-bond acceptors (Lipinski definition) is 1. The summed E-state index contributed by atoms with van der Waals surface area (Å²) in [5, 5.41) is 1.18. The highest BCUT2D eigenvalue weighted by atomic mass is 35.5. The summed E-state index contributed by atoms with van der Waals surface area (Å²) in [7, 11) is 0. The number of hydrogen-bond donors (Lipinski definition) is 0. The highest BCUT2D eigenvalue weighted by molar-refractivity contribution is 5.85. The number of aromatic nitrogens is 1. The van der Waals surface area contributed by atoms with Gasteiger partial charge in [0.25, 0.3) is 5.56 Å². The van der Waals surface area contributed by atoms with Crippen molar-refractivity contribution in [3.63, 3.8) is 0 Å². The Morgan fingerprint density at radius 3 is 2.67 bits per heavy atom. The Balaban J connectivity index is 0.000000562. The van der Waals surface area contributed by atoms with Gasteiger partial charge in [-0.2, -0.15) is 0 Å². The van der Waals surface area contributed by atoms with Gasteiger partial charge in [-0.25, -0.2) is 0 Å². The second-order valence-corrected chi connectivity index (χ2v) is 3.43. The van der Waals surface area contributed by atoms with Gasteiger partial charge < -0.3 is 4.57 Å². The summed E-state index contributed by atoms with van der Waals surface area (Å²) in [6.07, 6.45) is 0.997. The molecule has 15 heavy (non-hydrogen) atoms. The number of aryl methyl sites for hydroxylation is 2. The van der Waals surface area contributed by atoms with Crippen LogP contribution in [0.1, 0.15) is 5.56 Å². The Morgan fingerprint density at radius 1 is 1.07 bits per heavy atom. The average molecular weight is 244 g/mol. The molecule has 0 fully saturated rings. The first-order valence-electron chi connectivity index (χ1n) is 4.48. The van der Waals surface area contributed by atoms with Crippen molar-refractivity contribution in [3.8, 4) is 0 Å². The molecule has 0 atom stereocenters. The van der Waals surface area contributed by atoms with Crippen LogP contribution in [0.15, 0.2) is 35.1 Å². The molecular formula is C11H11Cl2NO. The number of halogens is 2. The van der Waals surface area contributed by atoms with E-state index in [9.17, 15) is 4.79 Å². The first kappa shape index (κ1) is 12.1. The molecule has 1 aromatic heterocycles. The summed E-state index contributed by atoms with van der Waals surface area (Å²) < 4.78 is 1.87. The van der Waals surface area contributed by atoms with Gasteiger partial charge in [0.05, 0.1) is 5.52 Å². The van der Waals surface area contributed by atoms with Gasteiger partial charge >= 0.3 is 0 Å². The number of para-hydroxylation sites is 1. The average Bonchev–Trinajstić information content (AvgIpc) is 2.57. The second-order valence-electron chi connectivity index (χ2n) is 3.43. The summed E-state index contributed by atoms with van der Waals surface area (Å²) >= 11 is 0. The van der Waals surface area contributed by atoms with Crippen LogP contribution in [0.25, 0.3) is 10.9 Å². The maximum absolute atomic E-state index is 11.5. The van der Waals surface area contributed by atoms with Crippen molar-refractivity contribution in [1.82, 2.24) is 4.57 Å². The molecule has 0 bridgehead atoms. The van der Waals surface area contributed by atoms with Crippen LogP contribution in [0.3, 0.4) is 0 Å². The minimum absolute atomic E-state index is 0. The molecule has 1 aromatic carbocycles. The Morgan fingerprint density at radius 2 is 1.87 bits per heavy atom. The van der Waals surface area contributed by atoms with Crippen molar-refractivity contribution in [2.75, 3.05) is 0 Å². The molecule has 0 saturated heterocycles. The molecule has 0 aliphatic carbocycles. The van der Waals surface area contributed by atoms with Crippen molar-refractivity contribution in [3.05, 3.63) is 46.2 Å². The number of nitrogens with zero attached hydrogens (tertiary/aromatic N) is 1. The molecule has 3 rings (SSSR count). The van der Waals surface area contributed by atoms with Gasteiger partial charge in [0.1, 0.15) is 0 Å². The van der Waals surface area contributed by atoms with Crippen molar-refractivity contribution in [1.29, 1.82) is 0 Å². The lowest BCUT2D eigenvalue weighted by atomic mass is 10.1. The van der Waals surface area contributed by atoms with E-state index in [-0.39, 0.29) is 30.4 Å². The van der Waals surface area contributed by atoms with E-state index in [1.54, 1.807) is 6.07 Å². The molecule has 2 heterocycles. The van der Waals surface area contributed by atoms with Gasteiger partial charge in [-0.3, -0.25) is 4.79 Å². The fraction of sp³-hybridized carbons (Fsp3) is 0.182. The van der Waals surface area contributed by atoms with Gasteiger partial charge in [-0.15, -0.1) is 24.8 Å². The third kappa shape index (κ3) is 1.64. The highest BCUT2D eigenvalue weighted by Gasteiger charge is 2.13. The van der Waals surface area contributed by atoms with Crippen molar-refractivity contribution >= 4 is 35.7 Å². The highest BCUT2D eigenvalue weighted by Crippen LogP contribution is 2.22. The minimum Gasteiger partial charge on any atom is -0.308 e. The predicted molar refractivity (Wildman–Crippen MR) is 66.4 cm³/mol. The fourth-order valence-electron chi connectivity index (χ4n) is 2.09. The van der Waals surface area contributed by atoms with Crippen molar-refractivity contribution in [2.45, 2.75) is 13.0 Å². The first-order chi connectivity index (χ1) is 6.36. The lowest BCUT2D eigenvalue weighted by Gasteiger charge is -2.01. The molecule has 2 nitrogen and oxygen atoms in total. The maximum atomic E-state index is 11.5. The summed E-state index contributed by atoms with van der Waals surface area (Å²) in [5.74, 6) is 0. The van der Waals surface area contributed by atoms with Crippen LogP contribution in [0.2, 0.25) is 0 Å². The van der Waals surface area contributed by atoms with E-state index in [0.717, 1.165) is 18.5 Å². The number of benzene rings is 1. The fourth-order valence-corrected chi connectivity index (χ4v) is 2.09. The second kappa shape index (κ2) is 4.25. The van der Waals surface area contributed by atoms with E-state index in [1.807, 2.05) is 10.6 Å². The third-order valence-corrected chi connectivity index (χ3v) is 2.70. The van der Waals surface area contributed by atoms with Gasteiger partial charge in [-0.05, 0) is 23.4 Å². The Kier molecular flexibility index (Phi) is 3.42. The summed E-state index contributed by atoms with van der Waals surface area (Å²) in [6.45, 7) is 0.843. The first-order valence-corrected chi connectivity index (χ1v) is 4.48. The van der Waals surface area contributed by atoms with Gasteiger partial charge in [0.15, 0.2) is 0 Å². The maximum Gasteiger partial charge on any atom is 0.251 e. The molecule has 0 spiro atoms. The molecule has 0 N–H and O–H groups in total. The van der Waals surface area contributed by atoms with E-state index in [1.165, 1.54) is 10.9 Å². The van der Waals surface area contributed by atoms with Crippen LogP contribution in [-0.2, 0) is 13.0 Å². The summed E-state index contributed by atoms with van der Waals surface area (Å²) in [5.41, 5.74) is 2.56. The van der Waals surface area contributed by atoms with Crippen LogP contribution in [0.5, 0.6) is 0 Å². The molecule has 4 heteroatoms. The number of rotatable bonds is 0. The molecule has 80 valence electrons. The minimum atomic E-state index is 0. The quantitative estimate of drug-likeness (QED) is 0.697. The van der Waals surface area contributed by atoms with Crippen LogP contribution in [-0.4, -0.2) is 4.57 Å². The zero-order valence-corrected chi connectivity index (χ0v) is 9.61. The topological polar surface area (TPSA) is 22.0 Å². The lowest BCUT2D eigenvalue weighted by molar-refractivity contribution is 0.742. The molecule has 0 amide bonds. The SMILES string of the molecule is Cl.Cl.O=c1ccc2cccc3c2n1CC3. The Labute approximate surface area is 99.7 Å². The normalized spacial score (nSPS) is 12.0. The van der Waals surface area contributed by atoms with Crippen molar-refractivity contribution in [2.24, 2.45) is 0 Å². The van der Waals surface area contributed by atoms with E-state index < -0.39 is 0 Å². The molecule has 0 unspecified atom stereocenters. The van der Waals surface area contributed by atoms with Gasteiger partial charge in [-0.1, -0.05) is 18.2 Å². The van der Waals surface area contributed by atoms with Gasteiger partial charge in [0.2, 0.25) is 0 Å². The molecular weight excluding hydrogens is 233 g/mol. The zero-order valence-electron chi connectivity index (χ0n) is 7.97. The largest absolute Gasteiger partial charge is 0.308 e. The summed E-state index contributed by atoms with van der Waals surface area (Å²) in [6, 6.07) is 9.77. The molecule has 1 aliphatic rings. The van der Waals surface area contributed by atoms with E-state index in [2.05, 4.69) is 18.2 Å². The smallest absolute Gasteiger partial charge is 0.251 e. The standard InChI is InChI=1S/C11H9NO.2ClH/c13-10-5-4-8-2-1-3-9-6-7-12(10)11(8)9;;/h1-5H,6-7H2;2*1H. The van der Waals surface area contributed by atoms with E-state index in [0.29, 0.717) is 0 Å². The van der Waals surface area contributed by atoms with Crippen LogP contribution >= 0.6 is 24.8 Å². The van der Waals surface area contributed by atoms with Crippen LogP contribution in [0, 0.1) is 0 Å². The van der Waals surface area contributed by atoms with Crippen LogP contribution in [0.4, 0.5) is 0 Å². The van der Waals surface area contributed by atoms with E-state index in [4.69, 9.17) is 0 Å². The zero-order chi connectivity index (χ0) is 8.84. The third-order valence-electron chi connectivity index (χ3n) is 2.70. The molecule has 0 radical (unpaired) electrons.